The number of rotatable bonds is 5. The molecule has 0 bridgehead atoms. The molecule has 1 aliphatic rings. The molecule has 24 heavy (non-hydrogen) atoms. The summed E-state index contributed by atoms with van der Waals surface area (Å²) in [6, 6.07) is 11.9. The van der Waals surface area contributed by atoms with E-state index in [2.05, 4.69) is 15.3 Å². The molecular formula is C19H24N4O. The van der Waals surface area contributed by atoms with E-state index in [1.807, 2.05) is 37.3 Å². The van der Waals surface area contributed by atoms with E-state index in [1.165, 1.54) is 38.4 Å². The Morgan fingerprint density at radius 2 is 1.92 bits per heavy atom. The molecule has 0 atom stereocenters. The van der Waals surface area contributed by atoms with Gasteiger partial charge in [-0.3, -0.25) is 4.79 Å². The quantitative estimate of drug-likeness (QED) is 0.906. The van der Waals surface area contributed by atoms with Gasteiger partial charge in [-0.05, 0) is 31.9 Å². The standard InChI is InChI=1S/C19H24N4O/c1-2-23(16-11-7-4-8-12-16)19(24)17-13-18(21-14-20-17)22-15-9-5-3-6-10-15/h4,7-8,11-15H,2-3,5-6,9-10H2,1H3,(H,20,21,22). The summed E-state index contributed by atoms with van der Waals surface area (Å²) in [6.45, 7) is 2.56. The lowest BCUT2D eigenvalue weighted by Gasteiger charge is -2.24. The molecule has 1 N–H and O–H groups in total. The maximum absolute atomic E-state index is 12.8. The number of benzene rings is 1. The smallest absolute Gasteiger partial charge is 0.277 e. The fourth-order valence-electron chi connectivity index (χ4n) is 3.20. The molecule has 0 aliphatic heterocycles. The first-order valence-electron chi connectivity index (χ1n) is 8.73. The van der Waals surface area contributed by atoms with Crippen molar-refractivity contribution < 1.29 is 4.79 Å². The third kappa shape index (κ3) is 3.91. The highest BCUT2D eigenvalue weighted by Gasteiger charge is 2.19. The summed E-state index contributed by atoms with van der Waals surface area (Å²) in [5.74, 6) is 0.641. The average molecular weight is 324 g/mol. The predicted octanol–water partition coefficient (Wildman–Crippen LogP) is 3.89. The Kier molecular flexibility index (Phi) is 5.41. The van der Waals surface area contributed by atoms with Crippen LogP contribution in [0.4, 0.5) is 11.5 Å². The van der Waals surface area contributed by atoms with Crippen LogP contribution in [0.5, 0.6) is 0 Å². The van der Waals surface area contributed by atoms with Crippen LogP contribution in [-0.4, -0.2) is 28.5 Å². The molecule has 5 nitrogen and oxygen atoms in total. The van der Waals surface area contributed by atoms with E-state index in [9.17, 15) is 4.79 Å². The Bertz CT molecular complexity index is 668. The molecule has 126 valence electrons. The molecule has 0 radical (unpaired) electrons. The van der Waals surface area contributed by atoms with Gasteiger partial charge in [0.25, 0.3) is 5.91 Å². The monoisotopic (exact) mass is 324 g/mol. The van der Waals surface area contributed by atoms with E-state index in [-0.39, 0.29) is 5.91 Å². The van der Waals surface area contributed by atoms with Gasteiger partial charge in [0.1, 0.15) is 17.8 Å². The van der Waals surface area contributed by atoms with Crippen molar-refractivity contribution in [2.45, 2.75) is 45.1 Å². The van der Waals surface area contributed by atoms with Gasteiger partial charge in [-0.1, -0.05) is 37.5 Å². The summed E-state index contributed by atoms with van der Waals surface area (Å²) in [5, 5.41) is 3.45. The van der Waals surface area contributed by atoms with Crippen LogP contribution in [0.15, 0.2) is 42.7 Å². The largest absolute Gasteiger partial charge is 0.367 e. The van der Waals surface area contributed by atoms with E-state index >= 15 is 0 Å². The molecule has 0 spiro atoms. The highest BCUT2D eigenvalue weighted by atomic mass is 16.2. The molecule has 2 aromatic rings. The topological polar surface area (TPSA) is 58.1 Å². The van der Waals surface area contributed by atoms with Gasteiger partial charge in [-0.2, -0.15) is 0 Å². The van der Waals surface area contributed by atoms with Gasteiger partial charge in [-0.25, -0.2) is 9.97 Å². The van der Waals surface area contributed by atoms with E-state index in [0.717, 1.165) is 11.5 Å². The average Bonchev–Trinajstić information content (AvgIpc) is 2.64. The molecule has 0 saturated heterocycles. The second kappa shape index (κ2) is 7.90. The lowest BCUT2D eigenvalue weighted by atomic mass is 9.95. The van der Waals surface area contributed by atoms with Crippen molar-refractivity contribution in [3.8, 4) is 0 Å². The molecule has 1 saturated carbocycles. The van der Waals surface area contributed by atoms with Gasteiger partial charge in [0, 0.05) is 24.3 Å². The van der Waals surface area contributed by atoms with Crippen LogP contribution in [0.2, 0.25) is 0 Å². The molecular weight excluding hydrogens is 300 g/mol. The number of aromatic nitrogens is 2. The minimum atomic E-state index is -0.0993. The van der Waals surface area contributed by atoms with Gasteiger partial charge < -0.3 is 10.2 Å². The zero-order valence-electron chi connectivity index (χ0n) is 14.1. The number of nitrogens with zero attached hydrogens (tertiary/aromatic N) is 3. The van der Waals surface area contributed by atoms with Crippen LogP contribution in [-0.2, 0) is 0 Å². The molecule has 0 unspecified atom stereocenters. The number of amides is 1. The van der Waals surface area contributed by atoms with E-state index in [1.54, 1.807) is 11.0 Å². The van der Waals surface area contributed by atoms with Crippen LogP contribution < -0.4 is 10.2 Å². The Morgan fingerprint density at radius 3 is 2.62 bits per heavy atom. The summed E-state index contributed by atoms with van der Waals surface area (Å²) in [7, 11) is 0. The first-order valence-corrected chi connectivity index (χ1v) is 8.73. The minimum absolute atomic E-state index is 0.0993. The summed E-state index contributed by atoms with van der Waals surface area (Å²) in [4.78, 5) is 23.0. The van der Waals surface area contributed by atoms with E-state index < -0.39 is 0 Å². The first-order chi connectivity index (χ1) is 11.8. The normalized spacial score (nSPS) is 15.0. The number of hydrogen-bond donors (Lipinski definition) is 1. The number of para-hydroxylation sites is 1. The van der Waals surface area contributed by atoms with Crippen LogP contribution in [0.3, 0.4) is 0 Å². The Balaban J connectivity index is 1.75. The molecule has 3 rings (SSSR count). The minimum Gasteiger partial charge on any atom is -0.367 e. The molecule has 1 fully saturated rings. The van der Waals surface area contributed by atoms with Crippen molar-refractivity contribution in [3.63, 3.8) is 0 Å². The first kappa shape index (κ1) is 16.4. The molecule has 5 heteroatoms. The summed E-state index contributed by atoms with van der Waals surface area (Å²) < 4.78 is 0. The van der Waals surface area contributed by atoms with E-state index in [0.29, 0.717) is 18.3 Å². The van der Waals surface area contributed by atoms with Gasteiger partial charge in [0.2, 0.25) is 0 Å². The SMILES string of the molecule is CCN(C(=O)c1cc(NC2CCCCC2)ncn1)c1ccccc1. The Morgan fingerprint density at radius 1 is 1.17 bits per heavy atom. The van der Waals surface area contributed by atoms with Crippen LogP contribution >= 0.6 is 0 Å². The third-order valence-electron chi connectivity index (χ3n) is 4.47. The van der Waals surface area contributed by atoms with E-state index in [4.69, 9.17) is 0 Å². The molecule has 1 heterocycles. The fourth-order valence-corrected chi connectivity index (χ4v) is 3.20. The molecule has 1 aliphatic carbocycles. The van der Waals surface area contributed by atoms with Crippen molar-refractivity contribution in [1.29, 1.82) is 0 Å². The highest BCUT2D eigenvalue weighted by Crippen LogP contribution is 2.21. The highest BCUT2D eigenvalue weighted by molar-refractivity contribution is 6.05. The van der Waals surface area contributed by atoms with Crippen molar-refractivity contribution in [3.05, 3.63) is 48.4 Å². The summed E-state index contributed by atoms with van der Waals surface area (Å²) in [5.41, 5.74) is 1.31. The fraction of sp³-hybridized carbons (Fsp3) is 0.421. The predicted molar refractivity (Wildman–Crippen MR) is 96.3 cm³/mol. The van der Waals surface area contributed by atoms with Gasteiger partial charge in [0.15, 0.2) is 0 Å². The molecule has 1 aromatic heterocycles. The van der Waals surface area contributed by atoms with Crippen molar-refractivity contribution in [2.24, 2.45) is 0 Å². The number of anilines is 2. The number of hydrogen-bond acceptors (Lipinski definition) is 4. The number of carbonyl (C=O) groups excluding carboxylic acids is 1. The van der Waals surface area contributed by atoms with Gasteiger partial charge in [-0.15, -0.1) is 0 Å². The zero-order chi connectivity index (χ0) is 16.8. The zero-order valence-corrected chi connectivity index (χ0v) is 14.1. The second-order valence-corrected chi connectivity index (χ2v) is 6.15. The van der Waals surface area contributed by atoms with Crippen molar-refractivity contribution in [2.75, 3.05) is 16.8 Å². The number of nitrogens with one attached hydrogen (secondary N) is 1. The van der Waals surface area contributed by atoms with Gasteiger partial charge in [0.05, 0.1) is 0 Å². The summed E-state index contributed by atoms with van der Waals surface area (Å²) >= 11 is 0. The van der Waals surface area contributed by atoms with Crippen LogP contribution in [0.25, 0.3) is 0 Å². The Hall–Kier alpha value is -2.43. The summed E-state index contributed by atoms with van der Waals surface area (Å²) in [6.07, 6.45) is 7.63. The third-order valence-corrected chi connectivity index (χ3v) is 4.47. The maximum atomic E-state index is 12.8. The number of carbonyl (C=O) groups is 1. The Labute approximate surface area is 143 Å². The van der Waals surface area contributed by atoms with Crippen LogP contribution in [0, 0.1) is 0 Å². The van der Waals surface area contributed by atoms with Gasteiger partial charge >= 0.3 is 0 Å². The maximum Gasteiger partial charge on any atom is 0.277 e. The van der Waals surface area contributed by atoms with Crippen LogP contribution in [0.1, 0.15) is 49.5 Å². The second-order valence-electron chi connectivity index (χ2n) is 6.15. The molecule has 1 amide bonds. The lowest BCUT2D eigenvalue weighted by molar-refractivity contribution is 0.0983. The van der Waals surface area contributed by atoms with Crippen molar-refractivity contribution in [1.82, 2.24) is 9.97 Å². The van der Waals surface area contributed by atoms with Crippen molar-refractivity contribution >= 4 is 17.4 Å². The molecule has 1 aromatic carbocycles. The lowest BCUT2D eigenvalue weighted by Crippen LogP contribution is -2.31.